The molecule has 0 saturated heterocycles. The van der Waals surface area contributed by atoms with E-state index in [1.165, 1.54) is 0 Å². The Morgan fingerprint density at radius 3 is 2.60 bits per heavy atom. The van der Waals surface area contributed by atoms with E-state index in [1.54, 1.807) is 7.11 Å². The number of rotatable bonds is 9. The van der Waals surface area contributed by atoms with E-state index < -0.39 is 0 Å². The van der Waals surface area contributed by atoms with Crippen LogP contribution in [0.25, 0.3) is 0 Å². The van der Waals surface area contributed by atoms with Crippen LogP contribution in [-0.4, -0.2) is 36.8 Å². The van der Waals surface area contributed by atoms with Crippen molar-refractivity contribution in [1.82, 2.24) is 9.97 Å². The van der Waals surface area contributed by atoms with E-state index in [9.17, 15) is 0 Å². The van der Waals surface area contributed by atoms with Crippen LogP contribution in [0, 0.1) is 5.92 Å². The van der Waals surface area contributed by atoms with Gasteiger partial charge >= 0.3 is 0 Å². The van der Waals surface area contributed by atoms with Crippen LogP contribution in [0.5, 0.6) is 5.88 Å². The molecule has 0 bridgehead atoms. The van der Waals surface area contributed by atoms with E-state index in [0.29, 0.717) is 36.5 Å². The van der Waals surface area contributed by atoms with E-state index in [-0.39, 0.29) is 0 Å². The number of aryl methyl sites for hydroxylation is 1. The van der Waals surface area contributed by atoms with Crippen LogP contribution < -0.4 is 15.8 Å². The number of hydrogen-bond donors (Lipinski definition) is 2. The van der Waals surface area contributed by atoms with Crippen molar-refractivity contribution in [2.75, 3.05) is 37.9 Å². The maximum absolute atomic E-state index is 6.05. The third kappa shape index (κ3) is 5.21. The third-order valence-corrected chi connectivity index (χ3v) is 2.81. The van der Waals surface area contributed by atoms with Gasteiger partial charge < -0.3 is 20.5 Å². The predicted octanol–water partition coefficient (Wildman–Crippen LogP) is 2.10. The number of anilines is 2. The van der Waals surface area contributed by atoms with Crippen LogP contribution in [-0.2, 0) is 11.2 Å². The summed E-state index contributed by atoms with van der Waals surface area (Å²) in [6, 6.07) is 0. The first kappa shape index (κ1) is 16.5. The minimum absolute atomic E-state index is 0.423. The van der Waals surface area contributed by atoms with Gasteiger partial charge in [-0.3, -0.25) is 0 Å². The largest absolute Gasteiger partial charge is 0.474 e. The van der Waals surface area contributed by atoms with Gasteiger partial charge in [0.25, 0.3) is 0 Å². The molecule has 0 fully saturated rings. The second-order valence-corrected chi connectivity index (χ2v) is 5.01. The van der Waals surface area contributed by atoms with Crippen molar-refractivity contribution in [1.29, 1.82) is 0 Å². The molecule has 6 heteroatoms. The van der Waals surface area contributed by atoms with Gasteiger partial charge in [-0.05, 0) is 12.3 Å². The number of aromatic nitrogens is 2. The Bertz CT molecular complexity index is 410. The van der Waals surface area contributed by atoms with Gasteiger partial charge in [0.15, 0.2) is 5.82 Å². The lowest BCUT2D eigenvalue weighted by Gasteiger charge is -2.14. The van der Waals surface area contributed by atoms with Crippen molar-refractivity contribution < 1.29 is 9.47 Å². The first-order chi connectivity index (χ1) is 9.58. The average molecular weight is 282 g/mol. The lowest BCUT2D eigenvalue weighted by atomic mass is 10.1. The average Bonchev–Trinajstić information content (AvgIpc) is 2.42. The Balaban J connectivity index is 2.78. The first-order valence-electron chi connectivity index (χ1n) is 7.10. The second kappa shape index (κ2) is 8.58. The number of nitrogens with one attached hydrogen (secondary N) is 1. The highest BCUT2D eigenvalue weighted by Crippen LogP contribution is 2.26. The van der Waals surface area contributed by atoms with E-state index >= 15 is 0 Å². The molecule has 0 aromatic carbocycles. The van der Waals surface area contributed by atoms with Gasteiger partial charge in [0.1, 0.15) is 18.1 Å². The number of methoxy groups -OCH3 is 1. The van der Waals surface area contributed by atoms with Crippen molar-refractivity contribution in [2.45, 2.75) is 33.6 Å². The van der Waals surface area contributed by atoms with E-state index in [1.807, 2.05) is 6.92 Å². The molecule has 0 aliphatic heterocycles. The highest BCUT2D eigenvalue weighted by Gasteiger charge is 2.12. The predicted molar refractivity (Wildman–Crippen MR) is 81.1 cm³/mol. The van der Waals surface area contributed by atoms with Crippen LogP contribution in [0.4, 0.5) is 11.5 Å². The van der Waals surface area contributed by atoms with Crippen LogP contribution in [0.1, 0.15) is 33.0 Å². The number of nitrogens with zero attached hydrogens (tertiary/aromatic N) is 2. The van der Waals surface area contributed by atoms with Gasteiger partial charge in [0, 0.05) is 20.1 Å². The Hall–Kier alpha value is -1.56. The molecule has 0 radical (unpaired) electrons. The van der Waals surface area contributed by atoms with Crippen LogP contribution in [0.3, 0.4) is 0 Å². The molecule has 0 aliphatic rings. The molecule has 3 N–H and O–H groups in total. The summed E-state index contributed by atoms with van der Waals surface area (Å²) in [5, 5.41) is 3.26. The van der Waals surface area contributed by atoms with Crippen LogP contribution in [0.2, 0.25) is 0 Å². The summed E-state index contributed by atoms with van der Waals surface area (Å²) >= 11 is 0. The van der Waals surface area contributed by atoms with Gasteiger partial charge in [-0.1, -0.05) is 20.8 Å². The van der Waals surface area contributed by atoms with Crippen molar-refractivity contribution >= 4 is 11.5 Å². The zero-order chi connectivity index (χ0) is 15.0. The molecule has 20 heavy (non-hydrogen) atoms. The molecule has 1 aromatic heterocycles. The number of nitrogen functional groups attached to an aromatic ring is 1. The summed E-state index contributed by atoms with van der Waals surface area (Å²) in [6.07, 6.45) is 1.80. The van der Waals surface area contributed by atoms with Crippen molar-refractivity contribution in [2.24, 2.45) is 5.92 Å². The normalized spacial score (nSPS) is 10.8. The Morgan fingerprint density at radius 2 is 2.00 bits per heavy atom. The number of hydrogen-bond acceptors (Lipinski definition) is 6. The van der Waals surface area contributed by atoms with Crippen molar-refractivity contribution in [3.05, 3.63) is 5.82 Å². The molecular weight excluding hydrogens is 256 g/mol. The molecule has 0 atom stereocenters. The fourth-order valence-electron chi connectivity index (χ4n) is 1.60. The summed E-state index contributed by atoms with van der Waals surface area (Å²) in [6.45, 7) is 8.12. The monoisotopic (exact) mass is 282 g/mol. The molecule has 0 amide bonds. The van der Waals surface area contributed by atoms with E-state index in [2.05, 4.69) is 29.1 Å². The van der Waals surface area contributed by atoms with Crippen molar-refractivity contribution in [3.63, 3.8) is 0 Å². The van der Waals surface area contributed by atoms with Crippen molar-refractivity contribution in [3.8, 4) is 5.88 Å². The molecule has 1 heterocycles. The van der Waals surface area contributed by atoms with Gasteiger partial charge in [-0.25, -0.2) is 4.98 Å². The number of nitrogens with two attached hydrogens (primary N) is 1. The summed E-state index contributed by atoms with van der Waals surface area (Å²) in [5.74, 6) is 2.44. The molecule has 0 spiro atoms. The fourth-order valence-corrected chi connectivity index (χ4v) is 1.60. The minimum atomic E-state index is 0.423. The van der Waals surface area contributed by atoms with E-state index in [4.69, 9.17) is 15.2 Å². The standard InChI is InChI=1S/C14H26N4O2/c1-5-11-17-13(16-7-6-10(2)3)12(15)14(18-11)20-9-8-19-4/h10H,5-9,15H2,1-4H3,(H,16,17,18). The zero-order valence-corrected chi connectivity index (χ0v) is 12.9. The first-order valence-corrected chi connectivity index (χ1v) is 7.10. The third-order valence-electron chi connectivity index (χ3n) is 2.81. The molecule has 0 saturated carbocycles. The summed E-state index contributed by atoms with van der Waals surface area (Å²) in [7, 11) is 1.63. The molecule has 1 rings (SSSR count). The summed E-state index contributed by atoms with van der Waals surface area (Å²) < 4.78 is 10.5. The molecular formula is C14H26N4O2. The molecule has 0 aliphatic carbocycles. The van der Waals surface area contributed by atoms with Gasteiger partial charge in [0.05, 0.1) is 6.61 Å². The van der Waals surface area contributed by atoms with Gasteiger partial charge in [-0.15, -0.1) is 0 Å². The molecule has 114 valence electrons. The van der Waals surface area contributed by atoms with Crippen LogP contribution >= 0.6 is 0 Å². The van der Waals surface area contributed by atoms with Crippen LogP contribution in [0.15, 0.2) is 0 Å². The quantitative estimate of drug-likeness (QED) is 0.675. The highest BCUT2D eigenvalue weighted by molar-refractivity contribution is 5.66. The summed E-state index contributed by atoms with van der Waals surface area (Å²) in [5.41, 5.74) is 6.51. The SMILES string of the molecule is CCc1nc(NCCC(C)C)c(N)c(OCCOC)n1. The maximum Gasteiger partial charge on any atom is 0.242 e. The lowest BCUT2D eigenvalue weighted by Crippen LogP contribution is -2.14. The summed E-state index contributed by atoms with van der Waals surface area (Å²) in [4.78, 5) is 8.73. The fraction of sp³-hybridized carbons (Fsp3) is 0.714. The number of ether oxygens (including phenoxy) is 2. The zero-order valence-electron chi connectivity index (χ0n) is 12.9. The molecule has 0 unspecified atom stereocenters. The maximum atomic E-state index is 6.05. The topological polar surface area (TPSA) is 82.3 Å². The highest BCUT2D eigenvalue weighted by atomic mass is 16.5. The Labute approximate surface area is 121 Å². The minimum Gasteiger partial charge on any atom is -0.474 e. The Morgan fingerprint density at radius 1 is 1.25 bits per heavy atom. The molecule has 6 nitrogen and oxygen atoms in total. The Kier molecular flexibility index (Phi) is 7.08. The van der Waals surface area contributed by atoms with Gasteiger partial charge in [0.2, 0.25) is 5.88 Å². The van der Waals surface area contributed by atoms with Gasteiger partial charge in [-0.2, -0.15) is 4.98 Å². The van der Waals surface area contributed by atoms with E-state index in [0.717, 1.165) is 25.2 Å². The smallest absolute Gasteiger partial charge is 0.242 e. The second-order valence-electron chi connectivity index (χ2n) is 5.01. The lowest BCUT2D eigenvalue weighted by molar-refractivity contribution is 0.144. The molecule has 1 aromatic rings.